The maximum absolute atomic E-state index is 14.3. The van der Waals surface area contributed by atoms with Crippen molar-refractivity contribution in [1.29, 1.82) is 0 Å². The number of primary amides is 1. The number of carbonyl (C=O) groups excluding carboxylic acids is 3. The van der Waals surface area contributed by atoms with E-state index in [4.69, 9.17) is 41.5 Å². The molecule has 3 amide bonds. The van der Waals surface area contributed by atoms with Crippen molar-refractivity contribution in [1.82, 2.24) is 25.1 Å². The third-order valence-electron chi connectivity index (χ3n) is 11.1. The first-order valence-corrected chi connectivity index (χ1v) is 20.4. The predicted molar refractivity (Wildman–Crippen MR) is 209 cm³/mol. The molecule has 0 spiro atoms. The molecule has 13 nitrogen and oxygen atoms in total. The van der Waals surface area contributed by atoms with Gasteiger partial charge in [0.15, 0.2) is 5.13 Å². The minimum absolute atomic E-state index is 0.000770. The highest BCUT2D eigenvalue weighted by Gasteiger charge is 2.49. The lowest BCUT2D eigenvalue weighted by Gasteiger charge is -2.35. The number of amides is 3. The van der Waals surface area contributed by atoms with E-state index in [0.717, 1.165) is 12.8 Å². The second kappa shape index (κ2) is 15.4. The van der Waals surface area contributed by atoms with E-state index >= 15 is 0 Å². The highest BCUT2D eigenvalue weighted by Crippen LogP contribution is 2.52. The lowest BCUT2D eigenvalue weighted by molar-refractivity contribution is -0.141. The van der Waals surface area contributed by atoms with E-state index in [0.29, 0.717) is 45.0 Å². The summed E-state index contributed by atoms with van der Waals surface area (Å²) < 4.78 is 46.5. The van der Waals surface area contributed by atoms with E-state index in [2.05, 4.69) is 10.6 Å². The molecule has 4 fully saturated rings. The molecular weight excluding hydrogens is 768 g/mol. The topological polar surface area (TPSA) is 161 Å². The van der Waals surface area contributed by atoms with Gasteiger partial charge in [-0.3, -0.25) is 14.5 Å². The lowest BCUT2D eigenvalue weighted by Crippen LogP contribution is -2.57. The molecule has 0 radical (unpaired) electrons. The van der Waals surface area contributed by atoms with Crippen LogP contribution in [-0.4, -0.2) is 107 Å². The molecule has 304 valence electrons. The van der Waals surface area contributed by atoms with Crippen molar-refractivity contribution in [2.75, 3.05) is 32.1 Å². The molecule has 2 saturated heterocycles. The number of hydrogen-bond acceptors (Lipinski definition) is 11. The van der Waals surface area contributed by atoms with Gasteiger partial charge in [0.25, 0.3) is 5.92 Å². The van der Waals surface area contributed by atoms with E-state index in [1.54, 1.807) is 30.1 Å². The molecule has 56 heavy (non-hydrogen) atoms. The van der Waals surface area contributed by atoms with Crippen molar-refractivity contribution in [3.8, 4) is 22.9 Å². The summed E-state index contributed by atoms with van der Waals surface area (Å²) in [5.41, 5.74) is 6.49. The molecule has 2 aliphatic heterocycles. The van der Waals surface area contributed by atoms with Crippen molar-refractivity contribution in [2.45, 2.75) is 109 Å². The summed E-state index contributed by atoms with van der Waals surface area (Å²) in [7, 11) is 1.64. The first-order chi connectivity index (χ1) is 26.3. The van der Waals surface area contributed by atoms with E-state index in [1.807, 2.05) is 40.0 Å². The average Bonchev–Trinajstić information content (AvgIpc) is 3.50. The van der Waals surface area contributed by atoms with E-state index < -0.39 is 53.5 Å². The number of halogens is 3. The van der Waals surface area contributed by atoms with Crippen LogP contribution in [0.25, 0.3) is 22.3 Å². The van der Waals surface area contributed by atoms with Crippen LogP contribution in [0.4, 0.5) is 18.7 Å². The zero-order valence-electron chi connectivity index (χ0n) is 32.4. The number of benzene rings is 1. The lowest BCUT2D eigenvalue weighted by atomic mass is 9.85. The van der Waals surface area contributed by atoms with Crippen molar-refractivity contribution in [2.24, 2.45) is 23.0 Å². The number of ether oxygens (including phenoxy) is 3. The number of anilines is 1. The normalized spacial score (nSPS) is 26.3. The summed E-state index contributed by atoms with van der Waals surface area (Å²) in [6.07, 6.45) is 1.12. The summed E-state index contributed by atoms with van der Waals surface area (Å²) >= 11 is 8.37. The van der Waals surface area contributed by atoms with Crippen LogP contribution < -0.4 is 25.8 Å². The van der Waals surface area contributed by atoms with E-state index in [1.165, 1.54) is 22.7 Å². The van der Waals surface area contributed by atoms with Gasteiger partial charge in [0.2, 0.25) is 11.8 Å². The highest BCUT2D eigenvalue weighted by atomic mass is 35.5. The Morgan fingerprint density at radius 1 is 1.07 bits per heavy atom. The minimum atomic E-state index is -2.80. The number of likely N-dealkylation sites (tertiary alicyclic amines) is 2. The zero-order chi connectivity index (χ0) is 40.3. The number of thiazole rings is 1. The Morgan fingerprint density at radius 3 is 2.45 bits per heavy atom. The second-order valence-electron chi connectivity index (χ2n) is 17.1. The molecule has 7 rings (SSSR count). The number of pyridine rings is 1. The SMILES string of the molecule is CC(C)Nc1nc(-c2cc(O[C@@H]3C[C@@H](C(N)=O)N(C(=O)[C@@H](NC(=O)OC4C[C@@H]5C[C@@H]5C4)C(C)(C)C)C3)c3ccc(OC[C@@H]4CC(F)(F)CN4C)c(Cl)c3n2)cs1. The first-order valence-electron chi connectivity index (χ1n) is 19.2. The van der Waals surface area contributed by atoms with Crippen LogP contribution in [0.1, 0.15) is 66.7 Å². The van der Waals surface area contributed by atoms with Crippen LogP contribution in [-0.2, 0) is 14.3 Å². The number of likely N-dealkylation sites (N-methyl/N-ethyl adjacent to an activating group) is 1. The number of carbonyl (C=O) groups is 3. The molecule has 0 bridgehead atoms. The molecule has 1 unspecified atom stereocenters. The number of fused-ring (bicyclic) bond motifs is 2. The number of alkyl carbamates (subject to hydrolysis) is 1. The van der Waals surface area contributed by atoms with Crippen LogP contribution in [0, 0.1) is 17.3 Å². The van der Waals surface area contributed by atoms with Gasteiger partial charge in [-0.25, -0.2) is 23.5 Å². The fourth-order valence-electron chi connectivity index (χ4n) is 8.13. The monoisotopic (exact) mass is 817 g/mol. The van der Waals surface area contributed by atoms with Gasteiger partial charge >= 0.3 is 6.09 Å². The van der Waals surface area contributed by atoms with Crippen molar-refractivity contribution in [3.63, 3.8) is 0 Å². The molecule has 2 aromatic heterocycles. The smallest absolute Gasteiger partial charge is 0.408 e. The first kappa shape index (κ1) is 40.2. The van der Waals surface area contributed by atoms with Crippen molar-refractivity contribution in [3.05, 3.63) is 28.6 Å². The largest absolute Gasteiger partial charge is 0.490 e. The van der Waals surface area contributed by atoms with Crippen molar-refractivity contribution >= 4 is 56.9 Å². The number of hydrogen-bond donors (Lipinski definition) is 3. The standard InChI is InChI=1S/C39H50ClF2N7O6S/c1-19(2)44-36-46-27(17-56-36)26-13-30(25-7-8-29(31(40)32(25)45-26)53-16-22-14-39(41,42)18-48(22)6)54-24-12-28(34(43)50)49(15-24)35(51)33(38(3,4)5)47-37(52)55-23-10-20-9-21(20)11-23/h7-8,13,17,19-24,28,33H,9-12,14-16,18H2,1-6H3,(H2,43,50)(H,44,46)(H,47,52)/t20-,21+,22-,23?,24+,28-,33+/m0/s1. The maximum Gasteiger partial charge on any atom is 0.408 e. The van der Waals surface area contributed by atoms with Gasteiger partial charge < -0.3 is 35.5 Å². The van der Waals surface area contributed by atoms with Gasteiger partial charge in [-0.2, -0.15) is 0 Å². The molecule has 2 saturated carbocycles. The molecule has 4 N–H and O–H groups in total. The number of nitrogens with zero attached hydrogens (tertiary/aromatic N) is 4. The fraction of sp³-hybridized carbons (Fsp3) is 0.615. The van der Waals surface area contributed by atoms with Crippen LogP contribution in [0.15, 0.2) is 23.6 Å². The number of nitrogens with two attached hydrogens (primary N) is 1. The summed E-state index contributed by atoms with van der Waals surface area (Å²) in [5.74, 6) is -2.09. The van der Waals surface area contributed by atoms with Gasteiger partial charge in [-0.1, -0.05) is 32.4 Å². The molecule has 2 aliphatic carbocycles. The fourth-order valence-corrected chi connectivity index (χ4v) is 9.25. The molecule has 7 atom stereocenters. The Kier molecular flexibility index (Phi) is 11.0. The minimum Gasteiger partial charge on any atom is -0.490 e. The zero-order valence-corrected chi connectivity index (χ0v) is 34.0. The Bertz CT molecular complexity index is 1980. The molecule has 3 aromatic rings. The molecular formula is C39H50ClF2N7O6S. The van der Waals surface area contributed by atoms with Gasteiger partial charge in [-0.05, 0) is 69.5 Å². The highest BCUT2D eigenvalue weighted by molar-refractivity contribution is 7.14. The Balaban J connectivity index is 1.15. The van der Waals surface area contributed by atoms with Crippen molar-refractivity contribution < 1.29 is 37.4 Å². The van der Waals surface area contributed by atoms with Gasteiger partial charge in [0, 0.05) is 41.8 Å². The van der Waals surface area contributed by atoms with E-state index in [-0.39, 0.29) is 55.5 Å². The molecule has 17 heteroatoms. The molecule has 1 aromatic carbocycles. The predicted octanol–water partition coefficient (Wildman–Crippen LogP) is 6.32. The van der Waals surface area contributed by atoms with Crippen LogP contribution in [0.3, 0.4) is 0 Å². The van der Waals surface area contributed by atoms with Gasteiger partial charge in [-0.15, -0.1) is 11.3 Å². The number of alkyl halides is 2. The van der Waals surface area contributed by atoms with Gasteiger partial charge in [0.1, 0.15) is 53.1 Å². The van der Waals surface area contributed by atoms with Gasteiger partial charge in [0.05, 0.1) is 24.3 Å². The summed E-state index contributed by atoms with van der Waals surface area (Å²) in [6, 6.07) is 2.74. The Morgan fingerprint density at radius 2 is 1.80 bits per heavy atom. The third kappa shape index (κ3) is 8.76. The van der Waals surface area contributed by atoms with E-state index in [9.17, 15) is 23.2 Å². The summed E-state index contributed by atoms with van der Waals surface area (Å²) in [5, 5.41) is 9.32. The average molecular weight is 818 g/mol. The maximum atomic E-state index is 14.3. The van der Waals surface area contributed by atoms with Crippen LogP contribution >= 0.6 is 22.9 Å². The molecule has 4 aliphatic rings. The summed E-state index contributed by atoms with van der Waals surface area (Å²) in [4.78, 5) is 52.7. The Hall–Kier alpha value is -4.02. The number of nitrogens with one attached hydrogen (secondary N) is 2. The Labute approximate surface area is 333 Å². The van der Waals surface area contributed by atoms with Crippen LogP contribution in [0.5, 0.6) is 11.5 Å². The number of rotatable bonds is 12. The second-order valence-corrected chi connectivity index (χ2v) is 18.4. The third-order valence-corrected chi connectivity index (χ3v) is 12.3. The van der Waals surface area contributed by atoms with Crippen LogP contribution in [0.2, 0.25) is 5.02 Å². The summed E-state index contributed by atoms with van der Waals surface area (Å²) in [6.45, 7) is 9.17. The molecule has 4 heterocycles. The number of aromatic nitrogens is 2. The quantitative estimate of drug-likeness (QED) is 0.189.